The quantitative estimate of drug-likeness (QED) is 0.675. The molecular formula is C11H8Cl3NO3. The highest BCUT2D eigenvalue weighted by molar-refractivity contribution is 6.40. The lowest BCUT2D eigenvalue weighted by Gasteiger charge is -2.12. The van der Waals surface area contributed by atoms with Crippen molar-refractivity contribution in [3.63, 3.8) is 0 Å². The summed E-state index contributed by atoms with van der Waals surface area (Å²) in [6.07, 6.45) is 0.711. The fourth-order valence-corrected chi connectivity index (χ4v) is 2.48. The second-order valence-electron chi connectivity index (χ2n) is 3.78. The Morgan fingerprint density at radius 3 is 2.39 bits per heavy atom. The topological polar surface area (TPSA) is 55.4 Å². The summed E-state index contributed by atoms with van der Waals surface area (Å²) in [6, 6.07) is 2.19. The molecule has 1 saturated heterocycles. The summed E-state index contributed by atoms with van der Waals surface area (Å²) < 4.78 is 5.09. The summed E-state index contributed by atoms with van der Waals surface area (Å²) in [7, 11) is 0. The van der Waals surface area contributed by atoms with Crippen LogP contribution in [-0.4, -0.2) is 17.9 Å². The molecule has 1 aliphatic rings. The van der Waals surface area contributed by atoms with Crippen molar-refractivity contribution in [2.75, 3.05) is 0 Å². The average molecular weight is 309 g/mol. The van der Waals surface area contributed by atoms with Gasteiger partial charge in [-0.05, 0) is 18.6 Å². The first-order valence-corrected chi connectivity index (χ1v) is 6.26. The monoisotopic (exact) mass is 307 g/mol. The van der Waals surface area contributed by atoms with E-state index in [2.05, 4.69) is 5.32 Å². The lowest BCUT2D eigenvalue weighted by atomic mass is 10.2. The van der Waals surface area contributed by atoms with Crippen LogP contribution in [0, 0.1) is 0 Å². The molecule has 1 amide bonds. The summed E-state index contributed by atoms with van der Waals surface area (Å²) in [5, 5.41) is 3.13. The Bertz CT molecular complexity index is 495. The largest absolute Gasteiger partial charge is 0.422 e. The first-order chi connectivity index (χ1) is 8.47. The van der Waals surface area contributed by atoms with E-state index in [-0.39, 0.29) is 21.7 Å². The Morgan fingerprint density at radius 1 is 1.28 bits per heavy atom. The average Bonchev–Trinajstić information content (AvgIpc) is 2.70. The zero-order valence-electron chi connectivity index (χ0n) is 9.00. The van der Waals surface area contributed by atoms with Gasteiger partial charge in [0, 0.05) is 11.4 Å². The minimum atomic E-state index is -0.652. The Morgan fingerprint density at radius 2 is 1.89 bits per heavy atom. The molecule has 0 radical (unpaired) electrons. The van der Waals surface area contributed by atoms with Crippen LogP contribution in [0.5, 0.6) is 5.75 Å². The van der Waals surface area contributed by atoms with Crippen molar-refractivity contribution in [1.29, 1.82) is 0 Å². The lowest BCUT2D eigenvalue weighted by molar-refractivity contribution is -0.137. The van der Waals surface area contributed by atoms with Crippen LogP contribution >= 0.6 is 34.8 Å². The van der Waals surface area contributed by atoms with Crippen molar-refractivity contribution in [1.82, 2.24) is 5.32 Å². The number of carbonyl (C=O) groups excluding carboxylic acids is 2. The molecule has 4 nitrogen and oxygen atoms in total. The van der Waals surface area contributed by atoms with E-state index in [1.54, 1.807) is 0 Å². The van der Waals surface area contributed by atoms with Crippen molar-refractivity contribution in [3.8, 4) is 5.75 Å². The van der Waals surface area contributed by atoms with E-state index >= 15 is 0 Å². The molecular weight excluding hydrogens is 300 g/mol. The van der Waals surface area contributed by atoms with Crippen LogP contribution in [0.4, 0.5) is 0 Å². The van der Waals surface area contributed by atoms with Gasteiger partial charge in [0.25, 0.3) is 0 Å². The fraction of sp³-hybridized carbons (Fsp3) is 0.273. The van der Waals surface area contributed by atoms with Gasteiger partial charge in [0.1, 0.15) is 6.04 Å². The van der Waals surface area contributed by atoms with Crippen LogP contribution in [0.25, 0.3) is 0 Å². The molecule has 0 saturated carbocycles. The van der Waals surface area contributed by atoms with Gasteiger partial charge in [-0.2, -0.15) is 0 Å². The first-order valence-electron chi connectivity index (χ1n) is 5.13. The van der Waals surface area contributed by atoms with E-state index in [9.17, 15) is 9.59 Å². The maximum atomic E-state index is 11.8. The van der Waals surface area contributed by atoms with Crippen molar-refractivity contribution in [3.05, 3.63) is 27.2 Å². The Balaban J connectivity index is 2.14. The Labute approximate surface area is 118 Å². The molecule has 7 heteroatoms. The SMILES string of the molecule is O=C1CCC(C(=O)Oc2c(Cl)cc(Cl)cc2Cl)N1. The third-order valence-electron chi connectivity index (χ3n) is 2.45. The highest BCUT2D eigenvalue weighted by Crippen LogP contribution is 2.36. The molecule has 1 N–H and O–H groups in total. The summed E-state index contributed by atoms with van der Waals surface area (Å²) in [5.74, 6) is -0.717. The Kier molecular flexibility index (Phi) is 4.00. The summed E-state index contributed by atoms with van der Waals surface area (Å²) in [6.45, 7) is 0. The number of esters is 1. The van der Waals surface area contributed by atoms with Crippen LogP contribution < -0.4 is 10.1 Å². The molecule has 1 heterocycles. The van der Waals surface area contributed by atoms with Crippen LogP contribution in [-0.2, 0) is 9.59 Å². The van der Waals surface area contributed by atoms with E-state index in [4.69, 9.17) is 39.5 Å². The molecule has 1 unspecified atom stereocenters. The molecule has 1 aromatic rings. The maximum Gasteiger partial charge on any atom is 0.334 e. The van der Waals surface area contributed by atoms with Gasteiger partial charge in [0.05, 0.1) is 10.0 Å². The van der Waals surface area contributed by atoms with Crippen LogP contribution in [0.3, 0.4) is 0 Å². The van der Waals surface area contributed by atoms with Crippen LogP contribution in [0.1, 0.15) is 12.8 Å². The van der Waals surface area contributed by atoms with Gasteiger partial charge < -0.3 is 10.1 Å². The smallest absolute Gasteiger partial charge is 0.334 e. The highest BCUT2D eigenvalue weighted by atomic mass is 35.5. The standard InChI is InChI=1S/C11H8Cl3NO3/c12-5-3-6(13)10(7(14)4-5)18-11(17)8-1-2-9(16)15-8/h3-4,8H,1-2H2,(H,15,16). The number of hydrogen-bond donors (Lipinski definition) is 1. The number of benzene rings is 1. The van der Waals surface area contributed by atoms with Crippen molar-refractivity contribution < 1.29 is 14.3 Å². The molecule has 0 aliphatic carbocycles. The highest BCUT2D eigenvalue weighted by Gasteiger charge is 2.29. The number of ether oxygens (including phenoxy) is 1. The maximum absolute atomic E-state index is 11.8. The van der Waals surface area contributed by atoms with Gasteiger partial charge in [-0.3, -0.25) is 4.79 Å². The second kappa shape index (κ2) is 5.34. The normalized spacial score (nSPS) is 18.6. The Hall–Kier alpha value is -0.970. The number of carbonyl (C=O) groups is 2. The van der Waals surface area contributed by atoms with Gasteiger partial charge >= 0.3 is 5.97 Å². The van der Waals surface area contributed by atoms with Crippen molar-refractivity contribution >= 4 is 46.7 Å². The molecule has 96 valence electrons. The zero-order chi connectivity index (χ0) is 13.3. The van der Waals surface area contributed by atoms with E-state index < -0.39 is 12.0 Å². The molecule has 1 atom stereocenters. The summed E-state index contributed by atoms with van der Waals surface area (Å²) in [5.41, 5.74) is 0. The van der Waals surface area contributed by atoms with Gasteiger partial charge in [-0.25, -0.2) is 4.79 Å². The van der Waals surface area contributed by atoms with E-state index in [0.717, 1.165) is 0 Å². The van der Waals surface area contributed by atoms with Crippen LogP contribution in [0.2, 0.25) is 15.1 Å². The van der Waals surface area contributed by atoms with Gasteiger partial charge in [0.2, 0.25) is 5.91 Å². The van der Waals surface area contributed by atoms with Gasteiger partial charge in [-0.1, -0.05) is 34.8 Å². The predicted octanol–water partition coefficient (Wildman–Crippen LogP) is 2.83. The number of rotatable bonds is 2. The van der Waals surface area contributed by atoms with Crippen molar-refractivity contribution in [2.45, 2.75) is 18.9 Å². The fourth-order valence-electron chi connectivity index (χ4n) is 1.59. The summed E-state index contributed by atoms with van der Waals surface area (Å²) >= 11 is 17.5. The zero-order valence-corrected chi connectivity index (χ0v) is 11.3. The van der Waals surface area contributed by atoms with Gasteiger partial charge in [0.15, 0.2) is 5.75 Å². The molecule has 1 aromatic carbocycles. The minimum Gasteiger partial charge on any atom is -0.422 e. The molecule has 1 aliphatic heterocycles. The van der Waals surface area contributed by atoms with E-state index in [0.29, 0.717) is 17.9 Å². The molecule has 0 spiro atoms. The molecule has 0 aromatic heterocycles. The second-order valence-corrected chi connectivity index (χ2v) is 5.03. The lowest BCUT2D eigenvalue weighted by Crippen LogP contribution is -2.36. The minimum absolute atomic E-state index is 0.0499. The first kappa shape index (κ1) is 13.5. The van der Waals surface area contributed by atoms with Crippen molar-refractivity contribution in [2.24, 2.45) is 0 Å². The summed E-state index contributed by atoms with van der Waals surface area (Å²) in [4.78, 5) is 22.8. The molecule has 1 fully saturated rings. The molecule has 0 bridgehead atoms. The van der Waals surface area contributed by atoms with E-state index in [1.165, 1.54) is 12.1 Å². The number of nitrogens with one attached hydrogen (secondary N) is 1. The third-order valence-corrected chi connectivity index (χ3v) is 3.23. The van der Waals surface area contributed by atoms with Gasteiger partial charge in [-0.15, -0.1) is 0 Å². The number of halogens is 3. The van der Waals surface area contributed by atoms with Crippen LogP contribution in [0.15, 0.2) is 12.1 Å². The number of amides is 1. The number of hydrogen-bond acceptors (Lipinski definition) is 3. The third kappa shape index (κ3) is 2.88. The molecule has 2 rings (SSSR count). The van der Waals surface area contributed by atoms with E-state index in [1.807, 2.05) is 0 Å². The molecule has 18 heavy (non-hydrogen) atoms. The predicted molar refractivity (Wildman–Crippen MR) is 68.3 cm³/mol.